The average Bonchev–Trinajstić information content (AvgIpc) is 2.82. The Morgan fingerprint density at radius 3 is 2.50 bits per heavy atom. The van der Waals surface area contributed by atoms with Gasteiger partial charge >= 0.3 is 0 Å². The van der Waals surface area contributed by atoms with Gasteiger partial charge in [0.25, 0.3) is 11.5 Å². The van der Waals surface area contributed by atoms with E-state index in [0.717, 1.165) is 16.3 Å². The lowest BCUT2D eigenvalue weighted by Crippen LogP contribution is -2.30. The molecule has 3 aromatic carbocycles. The maximum Gasteiger partial charge on any atom is 0.265 e. The maximum atomic E-state index is 13.3. The van der Waals surface area contributed by atoms with Crippen molar-refractivity contribution in [3.63, 3.8) is 0 Å². The molecule has 32 heavy (non-hydrogen) atoms. The van der Waals surface area contributed by atoms with Crippen molar-refractivity contribution in [2.24, 2.45) is 0 Å². The van der Waals surface area contributed by atoms with Gasteiger partial charge in [-0.3, -0.25) is 14.2 Å². The molecular weight excluding hydrogens is 405 g/mol. The first kappa shape index (κ1) is 19.6. The van der Waals surface area contributed by atoms with Crippen LogP contribution in [0.15, 0.2) is 95.9 Å². The number of hydrogen-bond donors (Lipinski definition) is 1. The van der Waals surface area contributed by atoms with Crippen LogP contribution in [-0.4, -0.2) is 15.5 Å². The molecule has 1 amide bonds. The number of fused-ring (bicyclic) bond motifs is 2. The fourth-order valence-corrected chi connectivity index (χ4v) is 3.81. The van der Waals surface area contributed by atoms with Crippen molar-refractivity contribution < 1.29 is 9.18 Å². The molecule has 5 rings (SSSR count). The van der Waals surface area contributed by atoms with Crippen LogP contribution in [0.3, 0.4) is 0 Å². The molecule has 1 N–H and O–H groups in total. The van der Waals surface area contributed by atoms with Gasteiger partial charge < -0.3 is 5.32 Å². The van der Waals surface area contributed by atoms with E-state index in [-0.39, 0.29) is 17.9 Å². The highest BCUT2D eigenvalue weighted by Gasteiger charge is 2.17. The standard InChI is InChI=1S/C26H18FN3O2/c27-20-12-10-17(11-13-20)16-30-24-19(7-4-14-28-24)15-22(26(30)32)25(31)29-23-9-3-6-18-5-1-2-8-21(18)23/h1-15H,16H2,(H,29,31). The summed E-state index contributed by atoms with van der Waals surface area (Å²) in [5.41, 5.74) is 1.37. The van der Waals surface area contributed by atoms with Crippen molar-refractivity contribution in [3.05, 3.63) is 118 Å². The second kappa shape index (κ2) is 8.07. The summed E-state index contributed by atoms with van der Waals surface area (Å²) in [6.07, 6.45) is 1.60. The van der Waals surface area contributed by atoms with Gasteiger partial charge in [0.15, 0.2) is 0 Å². The van der Waals surface area contributed by atoms with E-state index in [1.54, 1.807) is 42.6 Å². The van der Waals surface area contributed by atoms with Gasteiger partial charge in [-0.1, -0.05) is 48.5 Å². The van der Waals surface area contributed by atoms with Gasteiger partial charge in [0, 0.05) is 22.7 Å². The number of rotatable bonds is 4. The van der Waals surface area contributed by atoms with Gasteiger partial charge in [-0.15, -0.1) is 0 Å². The first-order chi connectivity index (χ1) is 15.6. The summed E-state index contributed by atoms with van der Waals surface area (Å²) in [6.45, 7) is 0.169. The third-order valence-corrected chi connectivity index (χ3v) is 5.38. The van der Waals surface area contributed by atoms with E-state index in [9.17, 15) is 14.0 Å². The minimum Gasteiger partial charge on any atom is -0.321 e. The molecule has 2 aromatic heterocycles. The van der Waals surface area contributed by atoms with E-state index in [1.807, 2.05) is 36.4 Å². The van der Waals surface area contributed by atoms with Gasteiger partial charge in [0.1, 0.15) is 17.0 Å². The Morgan fingerprint density at radius 2 is 1.66 bits per heavy atom. The van der Waals surface area contributed by atoms with Crippen molar-refractivity contribution in [3.8, 4) is 0 Å². The first-order valence-electron chi connectivity index (χ1n) is 10.1. The Morgan fingerprint density at radius 1 is 0.906 bits per heavy atom. The van der Waals surface area contributed by atoms with E-state index in [2.05, 4.69) is 10.3 Å². The molecule has 0 radical (unpaired) electrons. The van der Waals surface area contributed by atoms with E-state index in [0.29, 0.717) is 16.7 Å². The van der Waals surface area contributed by atoms with Gasteiger partial charge in [0.05, 0.1) is 6.54 Å². The summed E-state index contributed by atoms with van der Waals surface area (Å²) in [7, 11) is 0. The zero-order valence-corrected chi connectivity index (χ0v) is 17.0. The van der Waals surface area contributed by atoms with Crippen molar-refractivity contribution in [1.29, 1.82) is 0 Å². The summed E-state index contributed by atoms with van der Waals surface area (Å²) < 4.78 is 14.8. The lowest BCUT2D eigenvalue weighted by molar-refractivity contribution is 0.102. The zero-order chi connectivity index (χ0) is 22.1. The number of anilines is 1. The van der Waals surface area contributed by atoms with Crippen LogP contribution in [0, 0.1) is 5.82 Å². The number of carbonyl (C=O) groups is 1. The van der Waals surface area contributed by atoms with Crippen LogP contribution < -0.4 is 10.9 Å². The molecule has 0 aliphatic heterocycles. The summed E-state index contributed by atoms with van der Waals surface area (Å²) >= 11 is 0. The van der Waals surface area contributed by atoms with Gasteiger partial charge in [-0.05, 0) is 47.3 Å². The zero-order valence-electron chi connectivity index (χ0n) is 17.0. The van der Waals surface area contributed by atoms with Crippen molar-refractivity contribution in [1.82, 2.24) is 9.55 Å². The normalized spacial score (nSPS) is 11.0. The number of carbonyl (C=O) groups excluding carboxylic acids is 1. The largest absolute Gasteiger partial charge is 0.321 e. The minimum atomic E-state index is -0.495. The Kier molecular flexibility index (Phi) is 4.95. The van der Waals surface area contributed by atoms with Gasteiger partial charge in [-0.25, -0.2) is 9.37 Å². The van der Waals surface area contributed by atoms with E-state index >= 15 is 0 Å². The van der Waals surface area contributed by atoms with Crippen LogP contribution in [0.4, 0.5) is 10.1 Å². The van der Waals surface area contributed by atoms with Crippen LogP contribution in [0.2, 0.25) is 0 Å². The Balaban J connectivity index is 1.59. The van der Waals surface area contributed by atoms with Crippen LogP contribution in [-0.2, 0) is 6.54 Å². The topological polar surface area (TPSA) is 64.0 Å². The van der Waals surface area contributed by atoms with Gasteiger partial charge in [0.2, 0.25) is 0 Å². The quantitative estimate of drug-likeness (QED) is 0.443. The molecule has 0 atom stereocenters. The molecule has 0 unspecified atom stereocenters. The minimum absolute atomic E-state index is 0.0144. The number of nitrogens with one attached hydrogen (secondary N) is 1. The van der Waals surface area contributed by atoms with Crippen LogP contribution in [0.5, 0.6) is 0 Å². The first-order valence-corrected chi connectivity index (χ1v) is 10.1. The monoisotopic (exact) mass is 423 g/mol. The number of aromatic nitrogens is 2. The molecular formula is C26H18FN3O2. The number of pyridine rings is 2. The van der Waals surface area contributed by atoms with Crippen LogP contribution >= 0.6 is 0 Å². The molecule has 0 aliphatic rings. The number of nitrogens with zero attached hydrogens (tertiary/aromatic N) is 2. The maximum absolute atomic E-state index is 13.3. The fourth-order valence-electron chi connectivity index (χ4n) is 3.81. The highest BCUT2D eigenvalue weighted by molar-refractivity contribution is 6.09. The van der Waals surface area contributed by atoms with Crippen LogP contribution in [0.1, 0.15) is 15.9 Å². The summed E-state index contributed by atoms with van der Waals surface area (Å²) in [5.74, 6) is -0.850. The van der Waals surface area contributed by atoms with Crippen molar-refractivity contribution in [2.75, 3.05) is 5.32 Å². The SMILES string of the molecule is O=C(Nc1cccc2ccccc12)c1cc2cccnc2n(Cc2ccc(F)cc2)c1=O. The predicted octanol–water partition coefficient (Wildman–Crippen LogP) is 4.99. The van der Waals surface area contributed by atoms with Crippen molar-refractivity contribution >= 4 is 33.4 Å². The van der Waals surface area contributed by atoms with Gasteiger partial charge in [-0.2, -0.15) is 0 Å². The smallest absolute Gasteiger partial charge is 0.265 e. The molecule has 0 fully saturated rings. The number of benzene rings is 3. The molecule has 156 valence electrons. The highest BCUT2D eigenvalue weighted by atomic mass is 19.1. The number of halogens is 1. The third-order valence-electron chi connectivity index (χ3n) is 5.38. The highest BCUT2D eigenvalue weighted by Crippen LogP contribution is 2.23. The molecule has 5 aromatic rings. The second-order valence-corrected chi connectivity index (χ2v) is 7.47. The Labute approximate surface area is 182 Å². The molecule has 0 aliphatic carbocycles. The molecule has 5 nitrogen and oxygen atoms in total. The van der Waals surface area contributed by atoms with Crippen molar-refractivity contribution in [2.45, 2.75) is 6.54 Å². The second-order valence-electron chi connectivity index (χ2n) is 7.47. The summed E-state index contributed by atoms with van der Waals surface area (Å²) in [4.78, 5) is 30.9. The number of hydrogen-bond acceptors (Lipinski definition) is 3. The predicted molar refractivity (Wildman–Crippen MR) is 123 cm³/mol. The third kappa shape index (κ3) is 3.63. The van der Waals surface area contributed by atoms with E-state index < -0.39 is 11.5 Å². The fraction of sp³-hybridized carbons (Fsp3) is 0.0385. The lowest BCUT2D eigenvalue weighted by atomic mass is 10.1. The molecule has 0 spiro atoms. The average molecular weight is 423 g/mol. The molecule has 2 heterocycles. The molecule has 6 heteroatoms. The number of amides is 1. The summed E-state index contributed by atoms with van der Waals surface area (Å²) in [5, 5.41) is 5.42. The van der Waals surface area contributed by atoms with Crippen LogP contribution in [0.25, 0.3) is 21.8 Å². The molecule has 0 bridgehead atoms. The summed E-state index contributed by atoms with van der Waals surface area (Å²) in [6, 6.07) is 24.3. The van der Waals surface area contributed by atoms with E-state index in [1.165, 1.54) is 16.7 Å². The Bertz CT molecular complexity index is 1520. The Hall–Kier alpha value is -4.32. The lowest BCUT2D eigenvalue weighted by Gasteiger charge is -2.13. The molecule has 0 saturated heterocycles. The molecule has 0 saturated carbocycles. The van der Waals surface area contributed by atoms with E-state index in [4.69, 9.17) is 0 Å².